The SMILES string of the molecule is CC(NC(=O)Nc1c(F)cccc1F)C1(O)CCN(C(=O)OC(C)(C)C)CC1. The number of piperidine rings is 1. The van der Waals surface area contributed by atoms with Crippen molar-refractivity contribution in [3.8, 4) is 0 Å². The molecule has 1 heterocycles. The van der Waals surface area contributed by atoms with Crippen LogP contribution in [0.2, 0.25) is 0 Å². The summed E-state index contributed by atoms with van der Waals surface area (Å²) in [6.45, 7) is 7.44. The van der Waals surface area contributed by atoms with Crippen LogP contribution in [0.1, 0.15) is 40.5 Å². The van der Waals surface area contributed by atoms with E-state index in [2.05, 4.69) is 10.6 Å². The number of carbonyl (C=O) groups excluding carboxylic acids is 2. The van der Waals surface area contributed by atoms with Gasteiger partial charge in [0.25, 0.3) is 0 Å². The second-order valence-electron chi connectivity index (χ2n) is 7.99. The van der Waals surface area contributed by atoms with Gasteiger partial charge in [0.15, 0.2) is 0 Å². The molecule has 28 heavy (non-hydrogen) atoms. The lowest BCUT2D eigenvalue weighted by atomic mass is 9.85. The molecule has 7 nitrogen and oxygen atoms in total. The zero-order valence-electron chi connectivity index (χ0n) is 16.5. The standard InChI is InChI=1S/C19H27F2N3O4/c1-12(22-16(25)23-15-13(20)6-5-7-14(15)21)19(27)8-10-24(11-9-19)17(26)28-18(2,3)4/h5-7,12,27H,8-11H2,1-4H3,(H2,22,23,25). The topological polar surface area (TPSA) is 90.9 Å². The van der Waals surface area contributed by atoms with E-state index in [-0.39, 0.29) is 25.9 Å². The minimum Gasteiger partial charge on any atom is -0.444 e. The molecule has 0 saturated carbocycles. The van der Waals surface area contributed by atoms with Crippen LogP contribution < -0.4 is 10.6 Å². The summed E-state index contributed by atoms with van der Waals surface area (Å²) in [6.07, 6.45) is -0.00770. The smallest absolute Gasteiger partial charge is 0.410 e. The van der Waals surface area contributed by atoms with Crippen LogP contribution in [0.3, 0.4) is 0 Å². The number of likely N-dealkylation sites (tertiary alicyclic amines) is 1. The molecule has 1 unspecified atom stereocenters. The Labute approximate surface area is 163 Å². The Morgan fingerprint density at radius 3 is 2.25 bits per heavy atom. The number of hydrogen-bond acceptors (Lipinski definition) is 4. The van der Waals surface area contributed by atoms with E-state index in [4.69, 9.17) is 4.74 Å². The van der Waals surface area contributed by atoms with Crippen molar-refractivity contribution < 1.29 is 28.2 Å². The average molecular weight is 399 g/mol. The monoisotopic (exact) mass is 399 g/mol. The molecule has 1 atom stereocenters. The number of aliphatic hydroxyl groups is 1. The summed E-state index contributed by atoms with van der Waals surface area (Å²) in [6, 6.07) is 1.71. The van der Waals surface area contributed by atoms with Gasteiger partial charge in [0.1, 0.15) is 22.9 Å². The highest BCUT2D eigenvalue weighted by atomic mass is 19.1. The largest absolute Gasteiger partial charge is 0.444 e. The maximum absolute atomic E-state index is 13.6. The third-order valence-corrected chi connectivity index (χ3v) is 4.64. The number of halogens is 2. The van der Waals surface area contributed by atoms with E-state index >= 15 is 0 Å². The Balaban J connectivity index is 1.91. The van der Waals surface area contributed by atoms with Crippen molar-refractivity contribution in [2.75, 3.05) is 18.4 Å². The van der Waals surface area contributed by atoms with E-state index in [1.807, 2.05) is 0 Å². The Bertz CT molecular complexity index is 708. The van der Waals surface area contributed by atoms with Crippen LogP contribution in [-0.2, 0) is 4.74 Å². The lowest BCUT2D eigenvalue weighted by Crippen LogP contribution is -2.58. The third kappa shape index (κ3) is 5.54. The number of anilines is 1. The molecule has 9 heteroatoms. The molecule has 0 radical (unpaired) electrons. The van der Waals surface area contributed by atoms with Crippen molar-refractivity contribution in [2.24, 2.45) is 0 Å². The van der Waals surface area contributed by atoms with E-state index in [1.54, 1.807) is 27.7 Å². The van der Waals surface area contributed by atoms with Gasteiger partial charge in [-0.3, -0.25) is 0 Å². The molecule has 1 aromatic carbocycles. The number of amides is 3. The van der Waals surface area contributed by atoms with Gasteiger partial charge in [-0.05, 0) is 52.7 Å². The second-order valence-corrected chi connectivity index (χ2v) is 7.99. The summed E-state index contributed by atoms with van der Waals surface area (Å²) >= 11 is 0. The fourth-order valence-corrected chi connectivity index (χ4v) is 2.93. The third-order valence-electron chi connectivity index (χ3n) is 4.64. The van der Waals surface area contributed by atoms with Gasteiger partial charge in [-0.25, -0.2) is 18.4 Å². The van der Waals surface area contributed by atoms with E-state index < -0.39 is 46.7 Å². The highest BCUT2D eigenvalue weighted by Gasteiger charge is 2.40. The molecule has 1 aliphatic rings. The highest BCUT2D eigenvalue weighted by molar-refractivity contribution is 5.89. The van der Waals surface area contributed by atoms with Gasteiger partial charge in [-0.2, -0.15) is 0 Å². The Morgan fingerprint density at radius 2 is 1.75 bits per heavy atom. The number of hydrogen-bond donors (Lipinski definition) is 3. The lowest BCUT2D eigenvalue weighted by molar-refractivity contribution is -0.0482. The first-order chi connectivity index (χ1) is 12.9. The van der Waals surface area contributed by atoms with Gasteiger partial charge in [-0.15, -0.1) is 0 Å². The van der Waals surface area contributed by atoms with Crippen LogP contribution in [-0.4, -0.2) is 52.5 Å². The number of urea groups is 1. The normalized spacial score (nSPS) is 17.6. The molecular weight excluding hydrogens is 372 g/mol. The quantitative estimate of drug-likeness (QED) is 0.728. The van der Waals surface area contributed by atoms with Gasteiger partial charge in [0, 0.05) is 13.1 Å². The minimum atomic E-state index is -1.26. The van der Waals surface area contributed by atoms with Crippen LogP contribution >= 0.6 is 0 Å². The summed E-state index contributed by atoms with van der Waals surface area (Å²) < 4.78 is 32.6. The highest BCUT2D eigenvalue weighted by Crippen LogP contribution is 2.27. The van der Waals surface area contributed by atoms with E-state index in [9.17, 15) is 23.5 Å². The molecule has 1 aliphatic heterocycles. The van der Waals surface area contributed by atoms with Crippen molar-refractivity contribution in [1.29, 1.82) is 0 Å². The Hall–Kier alpha value is -2.42. The number of nitrogens with zero attached hydrogens (tertiary/aromatic N) is 1. The molecule has 1 fully saturated rings. The van der Waals surface area contributed by atoms with Crippen molar-refractivity contribution in [2.45, 2.75) is 57.8 Å². The first-order valence-electron chi connectivity index (χ1n) is 9.13. The van der Waals surface area contributed by atoms with Gasteiger partial charge in [0.2, 0.25) is 0 Å². The average Bonchev–Trinajstić information content (AvgIpc) is 2.57. The van der Waals surface area contributed by atoms with Crippen molar-refractivity contribution in [3.05, 3.63) is 29.8 Å². The number of nitrogens with one attached hydrogen (secondary N) is 2. The van der Waals surface area contributed by atoms with Crippen molar-refractivity contribution in [3.63, 3.8) is 0 Å². The van der Waals surface area contributed by atoms with Gasteiger partial charge in [0.05, 0.1) is 11.6 Å². The molecule has 0 spiro atoms. The van der Waals surface area contributed by atoms with E-state index in [0.29, 0.717) is 0 Å². The summed E-state index contributed by atoms with van der Waals surface area (Å²) in [5, 5.41) is 15.5. The molecule has 1 saturated heterocycles. The minimum absolute atomic E-state index is 0.224. The maximum Gasteiger partial charge on any atom is 0.410 e. The lowest BCUT2D eigenvalue weighted by Gasteiger charge is -2.42. The van der Waals surface area contributed by atoms with E-state index in [1.165, 1.54) is 11.0 Å². The summed E-state index contributed by atoms with van der Waals surface area (Å²) in [5.74, 6) is -1.79. The summed E-state index contributed by atoms with van der Waals surface area (Å²) in [7, 11) is 0. The number of ether oxygens (including phenoxy) is 1. The van der Waals surface area contributed by atoms with Crippen LogP contribution in [0.25, 0.3) is 0 Å². The van der Waals surface area contributed by atoms with Crippen LogP contribution in [0, 0.1) is 11.6 Å². The predicted octanol–water partition coefficient (Wildman–Crippen LogP) is 3.24. The molecule has 1 aromatic rings. The predicted molar refractivity (Wildman–Crippen MR) is 100.0 cm³/mol. The molecular formula is C19H27F2N3O4. The van der Waals surface area contributed by atoms with Crippen molar-refractivity contribution >= 4 is 17.8 Å². The summed E-state index contributed by atoms with van der Waals surface area (Å²) in [4.78, 5) is 25.7. The molecule has 3 N–H and O–H groups in total. The Morgan fingerprint density at radius 1 is 1.21 bits per heavy atom. The second kappa shape index (κ2) is 8.30. The van der Waals surface area contributed by atoms with Gasteiger partial charge >= 0.3 is 12.1 Å². The summed E-state index contributed by atoms with van der Waals surface area (Å²) in [5.41, 5.74) is -2.43. The fraction of sp³-hybridized carbons (Fsp3) is 0.579. The van der Waals surface area contributed by atoms with Crippen molar-refractivity contribution in [1.82, 2.24) is 10.2 Å². The number of carbonyl (C=O) groups is 2. The molecule has 0 bridgehead atoms. The first-order valence-corrected chi connectivity index (χ1v) is 9.13. The zero-order valence-corrected chi connectivity index (χ0v) is 16.5. The first kappa shape index (κ1) is 21.9. The maximum atomic E-state index is 13.6. The number of rotatable bonds is 3. The fourth-order valence-electron chi connectivity index (χ4n) is 2.93. The van der Waals surface area contributed by atoms with E-state index in [0.717, 1.165) is 12.1 Å². The number of benzene rings is 1. The molecule has 0 aromatic heterocycles. The zero-order chi connectivity index (χ0) is 21.1. The number of para-hydroxylation sites is 1. The van der Waals surface area contributed by atoms with Crippen LogP contribution in [0.5, 0.6) is 0 Å². The van der Waals surface area contributed by atoms with Gasteiger partial charge < -0.3 is 25.4 Å². The van der Waals surface area contributed by atoms with Gasteiger partial charge in [-0.1, -0.05) is 6.07 Å². The molecule has 0 aliphatic carbocycles. The molecule has 3 amide bonds. The molecule has 2 rings (SSSR count). The van der Waals surface area contributed by atoms with Crippen LogP contribution in [0.15, 0.2) is 18.2 Å². The molecule has 156 valence electrons. The Kier molecular flexibility index (Phi) is 6.48. The van der Waals surface area contributed by atoms with Crippen LogP contribution in [0.4, 0.5) is 24.1 Å².